The molecule has 1 fully saturated rings. The van der Waals surface area contributed by atoms with Crippen molar-refractivity contribution in [1.82, 2.24) is 4.90 Å². The van der Waals surface area contributed by atoms with E-state index >= 15 is 0 Å². The Labute approximate surface area is 146 Å². The molecule has 2 N–H and O–H groups in total. The lowest BCUT2D eigenvalue weighted by molar-refractivity contribution is -0.158. The van der Waals surface area contributed by atoms with E-state index in [-0.39, 0.29) is 12.1 Å². The summed E-state index contributed by atoms with van der Waals surface area (Å²) in [4.78, 5) is 15.2. The van der Waals surface area contributed by atoms with Gasteiger partial charge >= 0.3 is 5.97 Å². The first-order valence-corrected chi connectivity index (χ1v) is 9.30. The fraction of sp³-hybridized carbons (Fsp3) is 0.650. The van der Waals surface area contributed by atoms with Gasteiger partial charge < -0.3 is 15.4 Å². The van der Waals surface area contributed by atoms with Crippen LogP contribution in [0.25, 0.3) is 0 Å². The van der Waals surface area contributed by atoms with E-state index in [1.807, 2.05) is 30.3 Å². The van der Waals surface area contributed by atoms with Gasteiger partial charge in [-0.05, 0) is 31.9 Å². The smallest absolute Gasteiger partial charge is 0.331 e. The van der Waals surface area contributed by atoms with Crippen LogP contribution in [0.3, 0.4) is 0 Å². The van der Waals surface area contributed by atoms with Crippen LogP contribution in [-0.2, 0) is 15.1 Å². The van der Waals surface area contributed by atoms with E-state index in [0.29, 0.717) is 6.42 Å². The number of likely N-dealkylation sites (tertiary alicyclic amines) is 1. The molecule has 24 heavy (non-hydrogen) atoms. The number of carbonyl (C=O) groups excluding carboxylic acids is 1. The minimum absolute atomic E-state index is 0.00372. The molecule has 1 saturated heterocycles. The second-order valence-electron chi connectivity index (χ2n) is 7.06. The molecule has 0 amide bonds. The maximum Gasteiger partial charge on any atom is 0.331 e. The SMILES string of the molecule is CCCCCCC(N)(C(=O)OC1CCN(C)CC1)c1ccccc1. The number of piperidine rings is 1. The van der Waals surface area contributed by atoms with E-state index < -0.39 is 5.54 Å². The third kappa shape index (κ3) is 5.05. The van der Waals surface area contributed by atoms with E-state index in [9.17, 15) is 4.79 Å². The van der Waals surface area contributed by atoms with Crippen LogP contribution in [0.2, 0.25) is 0 Å². The van der Waals surface area contributed by atoms with Gasteiger partial charge in [-0.25, -0.2) is 4.79 Å². The molecule has 4 heteroatoms. The van der Waals surface area contributed by atoms with Crippen molar-refractivity contribution in [2.75, 3.05) is 20.1 Å². The number of esters is 1. The molecule has 4 nitrogen and oxygen atoms in total. The van der Waals surface area contributed by atoms with E-state index in [4.69, 9.17) is 10.5 Å². The molecule has 0 aromatic heterocycles. The molecule has 2 rings (SSSR count). The van der Waals surface area contributed by atoms with Crippen molar-refractivity contribution in [2.45, 2.75) is 63.5 Å². The van der Waals surface area contributed by atoms with Gasteiger partial charge in [0.1, 0.15) is 11.6 Å². The lowest BCUT2D eigenvalue weighted by Gasteiger charge is -2.33. The number of nitrogens with zero attached hydrogens (tertiary/aromatic N) is 1. The molecule has 0 radical (unpaired) electrons. The van der Waals surface area contributed by atoms with E-state index in [1.165, 1.54) is 12.8 Å². The summed E-state index contributed by atoms with van der Waals surface area (Å²) in [6.45, 7) is 4.12. The third-order valence-corrected chi connectivity index (χ3v) is 5.02. The summed E-state index contributed by atoms with van der Waals surface area (Å²) in [5, 5.41) is 0. The number of hydrogen-bond acceptors (Lipinski definition) is 4. The van der Waals surface area contributed by atoms with Gasteiger partial charge in [0.05, 0.1) is 0 Å². The van der Waals surface area contributed by atoms with Gasteiger partial charge in [-0.2, -0.15) is 0 Å². The first-order valence-electron chi connectivity index (χ1n) is 9.30. The van der Waals surface area contributed by atoms with Gasteiger partial charge in [-0.3, -0.25) is 0 Å². The molecule has 0 bridgehead atoms. The number of rotatable bonds is 8. The van der Waals surface area contributed by atoms with Gasteiger partial charge in [0, 0.05) is 13.1 Å². The van der Waals surface area contributed by atoms with Crippen LogP contribution in [0, 0.1) is 0 Å². The lowest BCUT2D eigenvalue weighted by Crippen LogP contribution is -2.48. The van der Waals surface area contributed by atoms with Crippen LogP contribution in [0.4, 0.5) is 0 Å². The average molecular weight is 332 g/mol. The maximum absolute atomic E-state index is 12.9. The van der Waals surface area contributed by atoms with Crippen LogP contribution < -0.4 is 5.73 Å². The number of ether oxygens (including phenoxy) is 1. The highest BCUT2D eigenvalue weighted by Gasteiger charge is 2.38. The fourth-order valence-electron chi connectivity index (χ4n) is 3.29. The van der Waals surface area contributed by atoms with Crippen molar-refractivity contribution < 1.29 is 9.53 Å². The summed E-state index contributed by atoms with van der Waals surface area (Å²) in [7, 11) is 2.10. The maximum atomic E-state index is 12.9. The highest BCUT2D eigenvalue weighted by molar-refractivity contribution is 5.82. The quantitative estimate of drug-likeness (QED) is 0.585. The molecule has 0 spiro atoms. The number of carbonyl (C=O) groups is 1. The summed E-state index contributed by atoms with van der Waals surface area (Å²) >= 11 is 0. The Morgan fingerprint density at radius 1 is 1.21 bits per heavy atom. The lowest BCUT2D eigenvalue weighted by atomic mass is 9.85. The van der Waals surface area contributed by atoms with Crippen LogP contribution in [0.5, 0.6) is 0 Å². The molecule has 0 saturated carbocycles. The van der Waals surface area contributed by atoms with Gasteiger partial charge in [0.25, 0.3) is 0 Å². The second-order valence-corrected chi connectivity index (χ2v) is 7.06. The summed E-state index contributed by atoms with van der Waals surface area (Å²) < 4.78 is 5.83. The molecular weight excluding hydrogens is 300 g/mol. The minimum Gasteiger partial charge on any atom is -0.461 e. The number of unbranched alkanes of at least 4 members (excludes halogenated alkanes) is 3. The van der Waals surface area contributed by atoms with Crippen LogP contribution in [-0.4, -0.2) is 37.1 Å². The van der Waals surface area contributed by atoms with Crippen LogP contribution in [0.15, 0.2) is 30.3 Å². The van der Waals surface area contributed by atoms with Gasteiger partial charge in [-0.1, -0.05) is 62.9 Å². The average Bonchev–Trinajstić information content (AvgIpc) is 2.61. The third-order valence-electron chi connectivity index (χ3n) is 5.02. The minimum atomic E-state index is -1.03. The summed E-state index contributed by atoms with van der Waals surface area (Å²) in [5.74, 6) is -0.264. The summed E-state index contributed by atoms with van der Waals surface area (Å²) in [6, 6.07) is 9.70. The highest BCUT2D eigenvalue weighted by Crippen LogP contribution is 2.28. The van der Waals surface area contributed by atoms with Crippen molar-refractivity contribution in [1.29, 1.82) is 0 Å². The van der Waals surface area contributed by atoms with Gasteiger partial charge in [0.15, 0.2) is 0 Å². The van der Waals surface area contributed by atoms with Crippen molar-refractivity contribution in [3.05, 3.63) is 35.9 Å². The standard InChI is InChI=1S/C20H32N2O2/c1-3-4-5-9-14-20(21,17-10-7-6-8-11-17)19(23)24-18-12-15-22(2)16-13-18/h6-8,10-11,18H,3-5,9,12-16,21H2,1-2H3. The predicted octanol–water partition coefficient (Wildman–Crippen LogP) is 3.45. The zero-order valence-corrected chi connectivity index (χ0v) is 15.2. The van der Waals surface area contributed by atoms with Gasteiger partial charge in [-0.15, -0.1) is 0 Å². The van der Waals surface area contributed by atoms with Crippen LogP contribution in [0.1, 0.15) is 57.4 Å². The molecule has 0 aliphatic carbocycles. The molecule has 134 valence electrons. The zero-order valence-electron chi connectivity index (χ0n) is 15.2. The molecule has 1 aliphatic rings. The molecule has 1 heterocycles. The van der Waals surface area contributed by atoms with Crippen molar-refractivity contribution in [3.8, 4) is 0 Å². The zero-order chi connectivity index (χ0) is 17.4. The Kier molecular flexibility index (Phi) is 7.25. The Balaban J connectivity index is 2.05. The Hall–Kier alpha value is -1.39. The fourth-order valence-corrected chi connectivity index (χ4v) is 3.29. The molecule has 1 aliphatic heterocycles. The molecule has 1 unspecified atom stereocenters. The Morgan fingerprint density at radius 3 is 2.50 bits per heavy atom. The second kappa shape index (κ2) is 9.19. The molecule has 1 aromatic rings. The monoisotopic (exact) mass is 332 g/mol. The first-order chi connectivity index (χ1) is 11.6. The topological polar surface area (TPSA) is 55.6 Å². The highest BCUT2D eigenvalue weighted by atomic mass is 16.5. The van der Waals surface area contributed by atoms with Crippen molar-refractivity contribution in [3.63, 3.8) is 0 Å². The molecule has 1 atom stereocenters. The number of benzene rings is 1. The van der Waals surface area contributed by atoms with Crippen molar-refractivity contribution in [2.24, 2.45) is 5.73 Å². The van der Waals surface area contributed by atoms with E-state index in [0.717, 1.165) is 44.3 Å². The summed E-state index contributed by atoms with van der Waals surface area (Å²) in [5.41, 5.74) is 6.44. The first kappa shape index (κ1) is 18.9. The largest absolute Gasteiger partial charge is 0.461 e. The van der Waals surface area contributed by atoms with Crippen LogP contribution >= 0.6 is 0 Å². The van der Waals surface area contributed by atoms with Gasteiger partial charge in [0.2, 0.25) is 0 Å². The normalized spacial score (nSPS) is 19.0. The predicted molar refractivity (Wildman–Crippen MR) is 97.7 cm³/mol. The van der Waals surface area contributed by atoms with E-state index in [2.05, 4.69) is 18.9 Å². The van der Waals surface area contributed by atoms with E-state index in [1.54, 1.807) is 0 Å². The number of hydrogen-bond donors (Lipinski definition) is 1. The summed E-state index contributed by atoms with van der Waals surface area (Å²) in [6.07, 6.45) is 6.81. The molecular formula is C20H32N2O2. The Morgan fingerprint density at radius 2 is 1.88 bits per heavy atom. The number of nitrogens with two attached hydrogens (primary N) is 1. The van der Waals surface area contributed by atoms with Crippen molar-refractivity contribution >= 4 is 5.97 Å². The molecule has 1 aromatic carbocycles. The Bertz CT molecular complexity index is 498.